The number of likely N-dealkylation sites (N-methyl/N-ethyl adjacent to an activating group) is 5. The molecule has 43 heteroatoms. The smallest absolute Gasteiger partial charge is 0.246 e. The molecule has 0 radical (unpaired) electrons. The lowest BCUT2D eigenvalue weighted by molar-refractivity contribution is -0.149. The molecule has 130 heavy (non-hydrogen) atoms. The van der Waals surface area contributed by atoms with Gasteiger partial charge in [-0.1, -0.05) is 106 Å². The number of thioether (sulfide) groups is 1. The number of nitrogens with zero attached hydrogens (tertiary/aromatic N) is 6. The summed E-state index contributed by atoms with van der Waals surface area (Å²) in [6, 6.07) is 5.30. The van der Waals surface area contributed by atoms with E-state index in [0.29, 0.717) is 89.0 Å². The van der Waals surface area contributed by atoms with Crippen molar-refractivity contribution in [3.63, 3.8) is 0 Å². The van der Waals surface area contributed by atoms with E-state index in [9.17, 15) is 72.2 Å². The number of aliphatic hydroxyl groups is 1. The number of H-pyrrole nitrogens is 3. The van der Waals surface area contributed by atoms with Crippen LogP contribution in [-0.4, -0.2) is 314 Å². The van der Waals surface area contributed by atoms with Crippen molar-refractivity contribution in [2.45, 2.75) is 203 Å². The Hall–Kier alpha value is -13.3. The van der Waals surface area contributed by atoms with Crippen molar-refractivity contribution in [3.8, 4) is 0 Å². The standard InChI is InChI=1S/C87H124N24O18S/c1-10-12-31-69(81(124)102-61(30-21-33-94-87(90)91)77(120)106-68(76(119)97-43-72(89)115)47-130-48-74(117)101-64(35-52-23-15-14-16-24-52)83(126)108(7)51(4)75(118)103-66(39-71(88)114)85(128)111-34-22-25-56(111)45-112)109(8)86(129)70(32-13-11-2)110(9)84(127)65(37-54-41-96-60-29-20-18-27-58(54)60)104-80(123)67(46-113)105-79(122)63(36-53-40-95-59-28-19-17-26-57(53)59)100-73(116)44-107(6)82(125)50(3)99-78(121)62(92-5)38-55-42-93-49-98-55/h14-20,23-24,26-29,40-42,45,49-51,56,61-70,92,95-96,113H,10-13,21-22,25,30-39,43-44,46-48H2,1-9H3,(H2,88,114)(H2,89,115)(H,93,98)(H,97,119)(H,99,121)(H,100,116)(H,101,117)(H,102,124)(H,103,118)(H,104,123)(H,105,122)(H,106,120)(H4,90,91,94)/t50-,51-,56?,61-,62-,63-,64-,65-,66-,67-,68-,69-,70-/m0/s1. The molecule has 16 amide bonds. The first kappa shape index (κ1) is 104. The molecular formula is C87H124N24O18S. The summed E-state index contributed by atoms with van der Waals surface area (Å²) in [6.07, 6.45) is 8.41. The monoisotopic (exact) mass is 1820 g/mol. The van der Waals surface area contributed by atoms with Crippen LogP contribution in [0.25, 0.3) is 21.8 Å². The highest BCUT2D eigenvalue weighted by molar-refractivity contribution is 8.00. The van der Waals surface area contributed by atoms with Gasteiger partial charge in [0.1, 0.15) is 72.7 Å². The van der Waals surface area contributed by atoms with Gasteiger partial charge in [-0.25, -0.2) is 4.98 Å². The van der Waals surface area contributed by atoms with Gasteiger partial charge in [0, 0.05) is 119 Å². The molecule has 13 atom stereocenters. The van der Waals surface area contributed by atoms with Crippen molar-refractivity contribution >= 4 is 140 Å². The van der Waals surface area contributed by atoms with E-state index in [4.69, 9.17) is 22.6 Å². The zero-order valence-electron chi connectivity index (χ0n) is 74.7. The number of carbonyl (C=O) groups excluding carboxylic acids is 17. The number of primary amides is 2. The minimum absolute atomic E-state index is 0.00243. The first-order valence-electron chi connectivity index (χ1n) is 43.1. The maximum atomic E-state index is 15.6. The molecule has 1 aliphatic heterocycles. The molecular weight excluding hydrogens is 1700 g/mol. The molecule has 1 fully saturated rings. The van der Waals surface area contributed by atoms with E-state index in [1.807, 2.05) is 13.8 Å². The summed E-state index contributed by atoms with van der Waals surface area (Å²) in [5.74, 6) is -14.6. The first-order chi connectivity index (χ1) is 62.0. The van der Waals surface area contributed by atoms with Gasteiger partial charge in [-0.2, -0.15) is 0 Å². The number of imidazole rings is 1. The Morgan fingerprint density at radius 1 is 0.562 bits per heavy atom. The molecule has 4 heterocycles. The topological polar surface area (TPSA) is 621 Å². The molecule has 0 bridgehead atoms. The molecule has 0 aliphatic carbocycles. The lowest BCUT2D eigenvalue weighted by Crippen LogP contribution is -2.61. The van der Waals surface area contributed by atoms with Gasteiger partial charge in [-0.3, -0.25) is 82.1 Å². The highest BCUT2D eigenvalue weighted by Crippen LogP contribution is 2.25. The molecule has 0 saturated carbocycles. The average Bonchev–Trinajstić information content (AvgIpc) is 1.62. The maximum Gasteiger partial charge on any atom is 0.246 e. The van der Waals surface area contributed by atoms with Crippen LogP contribution in [0.3, 0.4) is 0 Å². The third kappa shape index (κ3) is 30.7. The van der Waals surface area contributed by atoms with E-state index in [0.717, 1.165) is 31.4 Å². The normalized spacial score (nSPS) is 15.1. The Bertz CT molecular complexity index is 4920. The quantitative estimate of drug-likeness (QED) is 0.00789. The fourth-order valence-electron chi connectivity index (χ4n) is 15.0. The Labute approximate surface area is 757 Å². The average molecular weight is 1830 g/mol. The van der Waals surface area contributed by atoms with Gasteiger partial charge in [0.2, 0.25) is 94.5 Å². The number of aromatic amines is 3. The number of benzene rings is 3. The molecule has 1 aliphatic rings. The van der Waals surface area contributed by atoms with Gasteiger partial charge in [-0.15, -0.1) is 11.8 Å². The molecule has 7 rings (SSSR count). The largest absolute Gasteiger partial charge is 0.394 e. The summed E-state index contributed by atoms with van der Waals surface area (Å²) >= 11 is 0.807. The van der Waals surface area contributed by atoms with Crippen LogP contribution in [0.2, 0.25) is 0 Å². The number of nitrogens with two attached hydrogens (primary N) is 3. The number of amides is 16. The van der Waals surface area contributed by atoms with Crippen LogP contribution < -0.4 is 75.7 Å². The second kappa shape index (κ2) is 51.6. The zero-order chi connectivity index (χ0) is 95.4. The van der Waals surface area contributed by atoms with E-state index in [-0.39, 0.29) is 64.5 Å². The van der Waals surface area contributed by atoms with Crippen LogP contribution in [0.5, 0.6) is 0 Å². The third-order valence-corrected chi connectivity index (χ3v) is 23.5. The van der Waals surface area contributed by atoms with Crippen molar-refractivity contribution in [3.05, 3.63) is 126 Å². The molecule has 3 aromatic carbocycles. The lowest BCUT2D eigenvalue weighted by atomic mass is 10.00. The minimum atomic E-state index is -1.80. The highest BCUT2D eigenvalue weighted by Gasteiger charge is 2.42. The van der Waals surface area contributed by atoms with E-state index < -0.39 is 217 Å². The summed E-state index contributed by atoms with van der Waals surface area (Å²) < 4.78 is 0. The second-order valence-corrected chi connectivity index (χ2v) is 33.2. The van der Waals surface area contributed by atoms with Crippen molar-refractivity contribution in [2.24, 2.45) is 17.2 Å². The van der Waals surface area contributed by atoms with E-state index in [1.54, 1.807) is 105 Å². The predicted molar refractivity (Wildman–Crippen MR) is 483 cm³/mol. The van der Waals surface area contributed by atoms with Crippen LogP contribution in [0.4, 0.5) is 0 Å². The first-order valence-corrected chi connectivity index (χ1v) is 44.3. The van der Waals surface area contributed by atoms with Gasteiger partial charge in [0.25, 0.3) is 0 Å². The Morgan fingerprint density at radius 3 is 1.70 bits per heavy atom. The minimum Gasteiger partial charge on any atom is -0.394 e. The van der Waals surface area contributed by atoms with Gasteiger partial charge >= 0.3 is 0 Å². The van der Waals surface area contributed by atoms with Gasteiger partial charge in [0.15, 0.2) is 5.96 Å². The highest BCUT2D eigenvalue weighted by atomic mass is 32.2. The molecule has 22 N–H and O–H groups in total. The molecule has 1 unspecified atom stereocenters. The molecule has 706 valence electrons. The Morgan fingerprint density at radius 2 is 1.11 bits per heavy atom. The predicted octanol–water partition coefficient (Wildman–Crippen LogP) is -2.88. The lowest BCUT2D eigenvalue weighted by Gasteiger charge is -2.36. The van der Waals surface area contributed by atoms with Crippen molar-refractivity contribution in [1.82, 2.24) is 103 Å². The Kier molecular flexibility index (Phi) is 41.2. The summed E-state index contributed by atoms with van der Waals surface area (Å²) in [6.45, 7) is 4.34. The molecule has 42 nitrogen and oxygen atoms in total. The van der Waals surface area contributed by atoms with Gasteiger partial charge in [0.05, 0.1) is 50.3 Å². The second-order valence-electron chi connectivity index (χ2n) is 32.2. The summed E-state index contributed by atoms with van der Waals surface area (Å²) in [4.78, 5) is 257. The summed E-state index contributed by atoms with van der Waals surface area (Å²) in [7, 11) is 6.91. The number of hydrogen-bond acceptors (Lipinski definition) is 22. The van der Waals surface area contributed by atoms with Crippen molar-refractivity contribution in [1.29, 1.82) is 5.41 Å². The molecule has 3 aromatic heterocycles. The van der Waals surface area contributed by atoms with Crippen molar-refractivity contribution < 1.29 is 86.6 Å². The number of guanidine groups is 1. The van der Waals surface area contributed by atoms with Crippen LogP contribution in [-0.2, 0) is 107 Å². The maximum absolute atomic E-state index is 15.6. The van der Waals surface area contributed by atoms with Crippen LogP contribution in [0.1, 0.15) is 121 Å². The van der Waals surface area contributed by atoms with Crippen molar-refractivity contribution in [2.75, 3.05) is 79.5 Å². The number of unbranched alkanes of at least 4 members (excludes halogenated alkanes) is 2. The van der Waals surface area contributed by atoms with E-state index >= 15 is 14.4 Å². The number of rotatable bonds is 54. The molecule has 1 saturated heterocycles. The number of para-hydroxylation sites is 2. The molecule has 0 spiro atoms. The zero-order valence-corrected chi connectivity index (χ0v) is 75.5. The number of nitrogens with one attached hydrogen (secondary N) is 15. The van der Waals surface area contributed by atoms with E-state index in [1.165, 1.54) is 53.3 Å². The number of hydrogen-bond donors (Lipinski definition) is 19. The Balaban J connectivity index is 1.09. The van der Waals surface area contributed by atoms with E-state index in [2.05, 4.69) is 78.4 Å². The van der Waals surface area contributed by atoms with Crippen LogP contribution in [0.15, 0.2) is 104 Å². The van der Waals surface area contributed by atoms with Crippen LogP contribution >= 0.6 is 11.8 Å². The number of aliphatic hydroxyl groups excluding tert-OH is 1. The van der Waals surface area contributed by atoms with Gasteiger partial charge in [-0.05, 0) is 88.2 Å². The fourth-order valence-corrected chi connectivity index (χ4v) is 15.9. The van der Waals surface area contributed by atoms with Gasteiger partial charge < -0.3 is 125 Å². The number of aromatic nitrogens is 4. The number of fused-ring (bicyclic) bond motifs is 2. The number of likely N-dealkylation sites (tertiary alicyclic amines) is 1. The van der Waals surface area contributed by atoms with Crippen LogP contribution in [0, 0.1) is 5.41 Å². The third-order valence-electron chi connectivity index (χ3n) is 22.5. The SMILES string of the molecule is CCCC[C@@H](C(=O)N(C)[C@@H](CCCC)C(=O)N[C@@H](CCCNC(=N)N)C(=O)N[C@@H](CSCC(=O)N[C@@H](Cc1ccccc1)C(=O)N(C)[C@@H](C)C(=O)N[C@@H](CC(N)=O)C(=O)N1CCCC1C=O)C(=O)NCC(N)=O)N(C)C(=O)[C@H](Cc1c[nH]c2ccccc12)NC(=O)[C@H](CO)NC(=O)[C@H](Cc1c[nH]c2ccccc12)NC(=O)CN(C)C(=O)[C@H](C)NC(=O)[C@H](Cc1cnc[nH]1)NC. The fraction of sp³-hybridized carbons (Fsp3) is 0.506. The summed E-state index contributed by atoms with van der Waals surface area (Å²) in [5.41, 5.74) is 20.2. The number of aldehydes is 1. The number of carbonyl (C=O) groups is 17. The summed E-state index contributed by atoms with van der Waals surface area (Å²) in [5, 5.41) is 49.3. The molecule has 6 aromatic rings.